The van der Waals surface area contributed by atoms with Gasteiger partial charge < -0.3 is 5.32 Å². The summed E-state index contributed by atoms with van der Waals surface area (Å²) in [5, 5.41) is 3.45. The van der Waals surface area contributed by atoms with E-state index in [0.717, 1.165) is 12.8 Å². The van der Waals surface area contributed by atoms with Crippen molar-refractivity contribution in [2.45, 2.75) is 42.7 Å². The molecule has 3 nitrogen and oxygen atoms in total. The summed E-state index contributed by atoms with van der Waals surface area (Å²) in [4.78, 5) is 0.298. The van der Waals surface area contributed by atoms with Crippen molar-refractivity contribution in [1.82, 2.24) is 5.32 Å². The largest absolute Gasteiger partial charge is 0.307 e. The van der Waals surface area contributed by atoms with Crippen molar-refractivity contribution in [2.75, 3.05) is 5.75 Å². The zero-order valence-electron chi connectivity index (χ0n) is 10.0. The lowest BCUT2D eigenvalue weighted by Gasteiger charge is -2.34. The molecule has 98 valence electrons. The van der Waals surface area contributed by atoms with Gasteiger partial charge >= 0.3 is 0 Å². The molecule has 0 amide bonds. The second kappa shape index (κ2) is 4.31. The lowest BCUT2D eigenvalue weighted by molar-refractivity contribution is 0.298. The number of sulfone groups is 1. The van der Waals surface area contributed by atoms with Crippen LogP contribution in [0.15, 0.2) is 23.1 Å². The maximum Gasteiger partial charge on any atom is 0.178 e. The van der Waals surface area contributed by atoms with Crippen molar-refractivity contribution in [1.29, 1.82) is 0 Å². The van der Waals surface area contributed by atoms with Crippen LogP contribution in [0.4, 0.5) is 4.39 Å². The Morgan fingerprint density at radius 3 is 2.67 bits per heavy atom. The number of hydrogen-bond donors (Lipinski definition) is 1. The molecule has 1 aliphatic carbocycles. The van der Waals surface area contributed by atoms with E-state index in [1.165, 1.54) is 24.6 Å². The quantitative estimate of drug-likeness (QED) is 0.837. The molecule has 1 saturated carbocycles. The second-order valence-corrected chi connectivity index (χ2v) is 7.21. The number of nitrogens with one attached hydrogen (secondary N) is 1. The molecule has 1 aromatic carbocycles. The summed E-state index contributed by atoms with van der Waals surface area (Å²) in [7, 11) is -3.22. The molecule has 0 radical (unpaired) electrons. The molecule has 2 aliphatic rings. The second-order valence-electron chi connectivity index (χ2n) is 5.14. The first-order valence-corrected chi connectivity index (χ1v) is 8.00. The zero-order chi connectivity index (χ0) is 12.8. The van der Waals surface area contributed by atoms with Gasteiger partial charge in [0, 0.05) is 12.1 Å². The molecule has 0 saturated heterocycles. The van der Waals surface area contributed by atoms with Crippen LogP contribution in [-0.4, -0.2) is 20.2 Å². The van der Waals surface area contributed by atoms with Gasteiger partial charge in [-0.2, -0.15) is 0 Å². The number of hydrogen-bond acceptors (Lipinski definition) is 3. The third-order valence-electron chi connectivity index (χ3n) is 3.90. The molecule has 1 aliphatic heterocycles. The van der Waals surface area contributed by atoms with Crippen molar-refractivity contribution in [3.8, 4) is 0 Å². The first-order chi connectivity index (χ1) is 8.56. The molecule has 18 heavy (non-hydrogen) atoms. The summed E-state index contributed by atoms with van der Waals surface area (Å²) in [6.07, 6.45) is 4.02. The maximum absolute atomic E-state index is 13.3. The molecule has 1 fully saturated rings. The van der Waals surface area contributed by atoms with Gasteiger partial charge in [-0.1, -0.05) is 6.42 Å². The third-order valence-corrected chi connectivity index (χ3v) is 5.71. The molecule has 1 heterocycles. The fourth-order valence-electron chi connectivity index (χ4n) is 2.65. The first-order valence-electron chi connectivity index (χ1n) is 6.34. The van der Waals surface area contributed by atoms with Gasteiger partial charge in [-0.15, -0.1) is 0 Å². The Morgan fingerprint density at radius 2 is 2.00 bits per heavy atom. The van der Waals surface area contributed by atoms with E-state index >= 15 is 0 Å². The van der Waals surface area contributed by atoms with Crippen molar-refractivity contribution in [3.05, 3.63) is 29.6 Å². The van der Waals surface area contributed by atoms with Gasteiger partial charge in [-0.3, -0.25) is 0 Å². The van der Waals surface area contributed by atoms with Crippen LogP contribution < -0.4 is 5.32 Å². The summed E-state index contributed by atoms with van der Waals surface area (Å²) in [6, 6.07) is 4.43. The molecule has 3 rings (SSSR count). The Balaban J connectivity index is 1.97. The highest BCUT2D eigenvalue weighted by atomic mass is 32.2. The van der Waals surface area contributed by atoms with Crippen molar-refractivity contribution in [3.63, 3.8) is 0 Å². The standard InChI is InChI=1S/C13H16FNO2S/c14-9-4-5-13-11(8-9)12(6-7-18(13,16)17)15-10-2-1-3-10/h4-5,8,10,12,15H,1-3,6-7H2. The van der Waals surface area contributed by atoms with Crippen molar-refractivity contribution < 1.29 is 12.8 Å². The summed E-state index contributed by atoms with van der Waals surface area (Å²) in [5.74, 6) is -0.220. The lowest BCUT2D eigenvalue weighted by atomic mass is 9.91. The van der Waals surface area contributed by atoms with E-state index in [1.54, 1.807) is 0 Å². The van der Waals surface area contributed by atoms with E-state index in [-0.39, 0.29) is 17.6 Å². The van der Waals surface area contributed by atoms with E-state index < -0.39 is 9.84 Å². The van der Waals surface area contributed by atoms with Crippen LogP contribution in [0.25, 0.3) is 0 Å². The summed E-state index contributed by atoms with van der Waals surface area (Å²) in [6.45, 7) is 0. The molecule has 0 spiro atoms. The SMILES string of the molecule is O=S1(=O)CCC(NC2CCC2)c2cc(F)ccc21. The van der Waals surface area contributed by atoms with E-state index in [9.17, 15) is 12.8 Å². The Hall–Kier alpha value is -0.940. The highest BCUT2D eigenvalue weighted by molar-refractivity contribution is 7.91. The summed E-state index contributed by atoms with van der Waals surface area (Å²) < 4.78 is 37.2. The fraction of sp³-hybridized carbons (Fsp3) is 0.538. The monoisotopic (exact) mass is 269 g/mol. The molecular weight excluding hydrogens is 253 g/mol. The van der Waals surface area contributed by atoms with Crippen molar-refractivity contribution >= 4 is 9.84 Å². The van der Waals surface area contributed by atoms with Crippen LogP contribution in [0.5, 0.6) is 0 Å². The Kier molecular flexibility index (Phi) is 2.90. The molecule has 0 bridgehead atoms. The van der Waals surface area contributed by atoms with E-state index in [4.69, 9.17) is 0 Å². The van der Waals surface area contributed by atoms with Gasteiger partial charge in [-0.05, 0) is 43.0 Å². The van der Waals surface area contributed by atoms with Gasteiger partial charge in [0.15, 0.2) is 9.84 Å². The van der Waals surface area contributed by atoms with Crippen LogP contribution in [-0.2, 0) is 9.84 Å². The van der Waals surface area contributed by atoms with Crippen LogP contribution in [0.2, 0.25) is 0 Å². The normalized spacial score (nSPS) is 26.4. The van der Waals surface area contributed by atoms with E-state index in [1.807, 2.05) is 0 Å². The maximum atomic E-state index is 13.3. The molecule has 0 aromatic heterocycles. The highest BCUT2D eigenvalue weighted by Gasteiger charge is 2.32. The number of benzene rings is 1. The van der Waals surface area contributed by atoms with Gasteiger partial charge in [-0.25, -0.2) is 12.8 Å². The van der Waals surface area contributed by atoms with Crippen LogP contribution in [0, 0.1) is 5.82 Å². The smallest absolute Gasteiger partial charge is 0.178 e. The van der Waals surface area contributed by atoms with Crippen molar-refractivity contribution in [2.24, 2.45) is 0 Å². The lowest BCUT2D eigenvalue weighted by Crippen LogP contribution is -2.40. The minimum atomic E-state index is -3.22. The van der Waals surface area contributed by atoms with Gasteiger partial charge in [0.05, 0.1) is 10.6 Å². The Morgan fingerprint density at radius 1 is 1.22 bits per heavy atom. The Labute approximate surface area is 106 Å². The minimum absolute atomic E-state index is 0.0236. The average molecular weight is 269 g/mol. The topological polar surface area (TPSA) is 46.2 Å². The highest BCUT2D eigenvalue weighted by Crippen LogP contribution is 2.34. The fourth-order valence-corrected chi connectivity index (χ4v) is 4.25. The predicted octanol–water partition coefficient (Wildman–Crippen LogP) is 2.19. The molecule has 1 unspecified atom stereocenters. The number of rotatable bonds is 2. The minimum Gasteiger partial charge on any atom is -0.307 e. The van der Waals surface area contributed by atoms with Gasteiger partial charge in [0.2, 0.25) is 0 Å². The van der Waals surface area contributed by atoms with Gasteiger partial charge in [0.1, 0.15) is 5.82 Å². The number of fused-ring (bicyclic) bond motifs is 1. The van der Waals surface area contributed by atoms with Gasteiger partial charge in [0.25, 0.3) is 0 Å². The van der Waals surface area contributed by atoms with Crippen LogP contribution in [0.1, 0.15) is 37.3 Å². The molecular formula is C13H16FNO2S. The average Bonchev–Trinajstić information content (AvgIpc) is 2.25. The Bertz CT molecular complexity index is 566. The third kappa shape index (κ3) is 2.06. The zero-order valence-corrected chi connectivity index (χ0v) is 10.8. The molecule has 1 atom stereocenters. The molecule has 1 N–H and O–H groups in total. The molecule has 5 heteroatoms. The molecule has 1 aromatic rings. The van der Waals surface area contributed by atoms with Crippen LogP contribution >= 0.6 is 0 Å². The number of halogens is 1. The van der Waals surface area contributed by atoms with Crippen LogP contribution in [0.3, 0.4) is 0 Å². The first kappa shape index (κ1) is 12.1. The summed E-state index contributed by atoms with van der Waals surface area (Å²) in [5.41, 5.74) is 0.605. The predicted molar refractivity (Wildman–Crippen MR) is 66.6 cm³/mol. The van der Waals surface area contributed by atoms with E-state index in [2.05, 4.69) is 5.32 Å². The van der Waals surface area contributed by atoms with E-state index in [0.29, 0.717) is 22.9 Å². The summed E-state index contributed by atoms with van der Waals surface area (Å²) >= 11 is 0.